The van der Waals surface area contributed by atoms with E-state index < -0.39 is 6.10 Å². The lowest BCUT2D eigenvalue weighted by Crippen LogP contribution is -2.30. The third-order valence-corrected chi connectivity index (χ3v) is 14.4. The van der Waals surface area contributed by atoms with E-state index in [-0.39, 0.29) is 31.1 Å². The summed E-state index contributed by atoms with van der Waals surface area (Å²) in [7, 11) is 0. The molecular weight excluding hydrogens is 1010 g/mol. The summed E-state index contributed by atoms with van der Waals surface area (Å²) in [6.45, 7) is 6.46. The number of carbonyl (C=O) groups excluding carboxylic acids is 3. The zero-order valence-electron chi connectivity index (χ0n) is 53.5. The molecule has 82 heavy (non-hydrogen) atoms. The fraction of sp³-hybridized carbons (Fsp3) is 0.671. The molecule has 0 saturated carbocycles. The summed E-state index contributed by atoms with van der Waals surface area (Å²) in [6, 6.07) is 0. The molecule has 0 amide bonds. The SMILES string of the molecule is CC/C=C\C/C=C\C/C=C\C/C=C\C/C=C\C/C=C\C/C=C\C/C=C\CCCCCCCCCCCCC(=O)OCC(COC(=O)CCCCCCCC)OC(=O)CCCCCCCCCC/C=C\C/C=C\C/C=C\CCCCCCC. The van der Waals surface area contributed by atoms with Crippen LogP contribution in [0.5, 0.6) is 0 Å². The van der Waals surface area contributed by atoms with Gasteiger partial charge in [0.2, 0.25) is 0 Å². The predicted molar refractivity (Wildman–Crippen MR) is 357 cm³/mol. The summed E-state index contributed by atoms with van der Waals surface area (Å²) in [6.07, 6.45) is 97.9. The maximum absolute atomic E-state index is 12.9. The summed E-state index contributed by atoms with van der Waals surface area (Å²) in [5.74, 6) is -0.901. The molecule has 0 aromatic carbocycles. The fourth-order valence-electron chi connectivity index (χ4n) is 9.29. The number of esters is 3. The second kappa shape index (κ2) is 69.0. The predicted octanol–water partition coefficient (Wildman–Crippen LogP) is 23.7. The lowest BCUT2D eigenvalue weighted by atomic mass is 10.1. The van der Waals surface area contributed by atoms with Crippen LogP contribution in [0.3, 0.4) is 0 Å². The quantitative estimate of drug-likeness (QED) is 0.0261. The smallest absolute Gasteiger partial charge is 0.306 e. The minimum Gasteiger partial charge on any atom is -0.462 e. The largest absolute Gasteiger partial charge is 0.462 e. The Labute approximate surface area is 506 Å². The van der Waals surface area contributed by atoms with Crippen molar-refractivity contribution in [2.24, 2.45) is 0 Å². The van der Waals surface area contributed by atoms with Crippen LogP contribution < -0.4 is 0 Å². The monoisotopic (exact) mass is 1130 g/mol. The van der Waals surface area contributed by atoms with E-state index in [1.165, 1.54) is 141 Å². The van der Waals surface area contributed by atoms with Crippen LogP contribution in [-0.2, 0) is 28.6 Å². The van der Waals surface area contributed by atoms with E-state index in [9.17, 15) is 14.4 Å². The Kier molecular flexibility index (Phi) is 65.3. The number of ether oxygens (including phenoxy) is 3. The third kappa shape index (κ3) is 66.4. The average molecular weight is 1140 g/mol. The fourth-order valence-corrected chi connectivity index (χ4v) is 9.29. The molecular formula is C76H126O6. The molecule has 1 unspecified atom stereocenters. The van der Waals surface area contributed by atoms with Gasteiger partial charge in [0.15, 0.2) is 6.10 Å². The van der Waals surface area contributed by atoms with Crippen molar-refractivity contribution in [3.8, 4) is 0 Å². The van der Waals surface area contributed by atoms with Crippen LogP contribution in [0.15, 0.2) is 134 Å². The van der Waals surface area contributed by atoms with E-state index in [0.717, 1.165) is 128 Å². The van der Waals surface area contributed by atoms with Crippen LogP contribution in [0.4, 0.5) is 0 Å². The Balaban J connectivity index is 4.09. The molecule has 0 spiro atoms. The summed E-state index contributed by atoms with van der Waals surface area (Å²) in [5, 5.41) is 0. The van der Waals surface area contributed by atoms with E-state index in [1.807, 2.05) is 0 Å². The first-order chi connectivity index (χ1) is 40.5. The van der Waals surface area contributed by atoms with Crippen LogP contribution in [0.2, 0.25) is 0 Å². The number of allylic oxidation sites excluding steroid dienone is 22. The first-order valence-electron chi connectivity index (χ1n) is 34.2. The van der Waals surface area contributed by atoms with Gasteiger partial charge in [-0.15, -0.1) is 0 Å². The second-order valence-corrected chi connectivity index (χ2v) is 22.4. The molecule has 0 aromatic heterocycles. The van der Waals surface area contributed by atoms with Crippen LogP contribution >= 0.6 is 0 Å². The summed E-state index contributed by atoms with van der Waals surface area (Å²) < 4.78 is 16.8. The van der Waals surface area contributed by atoms with Gasteiger partial charge in [0, 0.05) is 19.3 Å². The molecule has 0 bridgehead atoms. The highest BCUT2D eigenvalue weighted by Crippen LogP contribution is 2.16. The van der Waals surface area contributed by atoms with E-state index in [4.69, 9.17) is 14.2 Å². The van der Waals surface area contributed by atoms with E-state index >= 15 is 0 Å². The van der Waals surface area contributed by atoms with Gasteiger partial charge in [-0.1, -0.05) is 302 Å². The van der Waals surface area contributed by atoms with E-state index in [1.54, 1.807) is 0 Å². The van der Waals surface area contributed by atoms with Gasteiger partial charge in [-0.2, -0.15) is 0 Å². The average Bonchev–Trinajstić information content (AvgIpc) is 3.47. The number of carbonyl (C=O) groups is 3. The Morgan fingerprint density at radius 3 is 0.744 bits per heavy atom. The lowest BCUT2D eigenvalue weighted by molar-refractivity contribution is -0.167. The van der Waals surface area contributed by atoms with Gasteiger partial charge in [-0.05, 0) is 122 Å². The van der Waals surface area contributed by atoms with Crippen molar-refractivity contribution in [3.05, 3.63) is 134 Å². The van der Waals surface area contributed by atoms with Crippen molar-refractivity contribution < 1.29 is 28.6 Å². The molecule has 0 radical (unpaired) electrons. The number of hydrogen-bond donors (Lipinski definition) is 0. The zero-order chi connectivity index (χ0) is 59.2. The van der Waals surface area contributed by atoms with Crippen LogP contribution in [-0.4, -0.2) is 37.2 Å². The number of rotatable bonds is 61. The minimum atomic E-state index is -0.785. The first kappa shape index (κ1) is 77.5. The highest BCUT2D eigenvalue weighted by atomic mass is 16.6. The molecule has 1 atom stereocenters. The first-order valence-corrected chi connectivity index (χ1v) is 34.2. The number of hydrogen-bond acceptors (Lipinski definition) is 6. The standard InChI is InChI=1S/C76H126O6/c1-4-7-10-13-16-18-20-22-24-26-28-30-32-33-34-35-36-37-38-39-40-41-42-43-45-46-48-50-52-54-56-58-60-63-66-69-75(78)81-72-73(71-80-74(77)68-65-62-15-12-9-6-3)82-76(79)70-67-64-61-59-57-55-53-51-49-47-44-31-29-27-25-23-21-19-17-14-11-8-5-2/h7,10,16,18,21-24,27-30,33-34,36-37,39-40,42-44,47,73H,4-6,8-9,11-15,17,19-20,25-26,31-32,35,38,41,45-46,48-72H2,1-3H3/b10-7-,18-16-,23-21-,24-22-,29-27-,30-28-,34-33-,37-36-,40-39-,43-42-,47-44-. The molecule has 0 heterocycles. The molecule has 466 valence electrons. The Morgan fingerprint density at radius 2 is 0.476 bits per heavy atom. The van der Waals surface area contributed by atoms with Gasteiger partial charge in [0.25, 0.3) is 0 Å². The molecule has 0 saturated heterocycles. The van der Waals surface area contributed by atoms with Crippen molar-refractivity contribution >= 4 is 17.9 Å². The summed E-state index contributed by atoms with van der Waals surface area (Å²) in [4.78, 5) is 38.1. The zero-order valence-corrected chi connectivity index (χ0v) is 53.5. The van der Waals surface area contributed by atoms with Gasteiger partial charge in [-0.3, -0.25) is 14.4 Å². The van der Waals surface area contributed by atoms with Crippen molar-refractivity contribution in [2.75, 3.05) is 13.2 Å². The molecule has 0 aliphatic heterocycles. The lowest BCUT2D eigenvalue weighted by Gasteiger charge is -2.18. The van der Waals surface area contributed by atoms with Crippen molar-refractivity contribution in [1.29, 1.82) is 0 Å². The molecule has 6 nitrogen and oxygen atoms in total. The van der Waals surface area contributed by atoms with Gasteiger partial charge in [0.1, 0.15) is 13.2 Å². The normalized spacial score (nSPS) is 13.0. The Morgan fingerprint density at radius 1 is 0.256 bits per heavy atom. The molecule has 0 aliphatic carbocycles. The second-order valence-electron chi connectivity index (χ2n) is 22.4. The van der Waals surface area contributed by atoms with Crippen LogP contribution in [0, 0.1) is 0 Å². The molecule has 0 fully saturated rings. The van der Waals surface area contributed by atoms with Crippen molar-refractivity contribution in [3.63, 3.8) is 0 Å². The third-order valence-electron chi connectivity index (χ3n) is 14.4. The van der Waals surface area contributed by atoms with Gasteiger partial charge < -0.3 is 14.2 Å². The van der Waals surface area contributed by atoms with Gasteiger partial charge >= 0.3 is 17.9 Å². The van der Waals surface area contributed by atoms with Crippen molar-refractivity contribution in [1.82, 2.24) is 0 Å². The Bertz CT molecular complexity index is 1730. The molecule has 0 aliphatic rings. The molecule has 0 N–H and O–H groups in total. The summed E-state index contributed by atoms with van der Waals surface area (Å²) in [5.41, 5.74) is 0. The van der Waals surface area contributed by atoms with Gasteiger partial charge in [-0.25, -0.2) is 0 Å². The highest BCUT2D eigenvalue weighted by molar-refractivity contribution is 5.71. The Hall–Kier alpha value is -4.45. The highest BCUT2D eigenvalue weighted by Gasteiger charge is 2.19. The van der Waals surface area contributed by atoms with E-state index in [0.29, 0.717) is 19.3 Å². The van der Waals surface area contributed by atoms with Gasteiger partial charge in [0.05, 0.1) is 0 Å². The molecule has 0 rings (SSSR count). The maximum Gasteiger partial charge on any atom is 0.306 e. The topological polar surface area (TPSA) is 78.9 Å². The van der Waals surface area contributed by atoms with Crippen LogP contribution in [0.1, 0.15) is 310 Å². The maximum atomic E-state index is 12.9. The van der Waals surface area contributed by atoms with Crippen molar-refractivity contribution in [2.45, 2.75) is 316 Å². The molecule has 6 heteroatoms. The van der Waals surface area contributed by atoms with E-state index in [2.05, 4.69) is 154 Å². The summed E-state index contributed by atoms with van der Waals surface area (Å²) >= 11 is 0. The minimum absolute atomic E-state index is 0.0834. The molecule has 0 aromatic rings. The van der Waals surface area contributed by atoms with Crippen LogP contribution in [0.25, 0.3) is 0 Å². The number of unbranched alkanes of at least 4 members (excludes halogenated alkanes) is 28.